The van der Waals surface area contributed by atoms with Crippen molar-refractivity contribution < 1.29 is 14.6 Å². The van der Waals surface area contributed by atoms with Crippen molar-refractivity contribution in [1.29, 1.82) is 0 Å². The Balaban J connectivity index is 3.26. The SMILES string of the molecule is CC(CCN)c1c(O)c(O)cc(F)c1Br. The van der Waals surface area contributed by atoms with Gasteiger partial charge in [-0.2, -0.15) is 0 Å². The molecule has 0 aliphatic heterocycles. The van der Waals surface area contributed by atoms with E-state index in [9.17, 15) is 14.6 Å². The summed E-state index contributed by atoms with van der Waals surface area (Å²) in [6.07, 6.45) is 0.606. The third kappa shape index (κ3) is 2.41. The molecule has 1 atom stereocenters. The van der Waals surface area contributed by atoms with Gasteiger partial charge < -0.3 is 15.9 Å². The number of phenols is 2. The normalized spacial score (nSPS) is 12.8. The molecule has 0 heterocycles. The molecule has 0 radical (unpaired) electrons. The predicted octanol–water partition coefficient (Wildman–Crippen LogP) is 2.45. The van der Waals surface area contributed by atoms with E-state index in [2.05, 4.69) is 15.9 Å². The number of rotatable bonds is 3. The molecule has 1 unspecified atom stereocenters. The highest BCUT2D eigenvalue weighted by molar-refractivity contribution is 9.10. The number of nitrogens with two attached hydrogens (primary N) is 1. The number of aromatic hydroxyl groups is 2. The second kappa shape index (κ2) is 4.81. The minimum atomic E-state index is -0.593. The summed E-state index contributed by atoms with van der Waals surface area (Å²) >= 11 is 3.05. The van der Waals surface area contributed by atoms with Crippen molar-refractivity contribution in [3.8, 4) is 11.5 Å². The monoisotopic (exact) mass is 277 g/mol. The second-order valence-electron chi connectivity index (χ2n) is 3.43. The molecule has 0 aliphatic carbocycles. The fraction of sp³-hybridized carbons (Fsp3) is 0.400. The van der Waals surface area contributed by atoms with Crippen molar-refractivity contribution in [3.05, 3.63) is 21.9 Å². The van der Waals surface area contributed by atoms with Gasteiger partial charge in [0.1, 0.15) is 5.82 Å². The fourth-order valence-electron chi connectivity index (χ4n) is 1.47. The van der Waals surface area contributed by atoms with Crippen molar-refractivity contribution in [2.24, 2.45) is 5.73 Å². The lowest BCUT2D eigenvalue weighted by Crippen LogP contribution is -2.06. The van der Waals surface area contributed by atoms with Crippen molar-refractivity contribution in [2.75, 3.05) is 6.54 Å². The van der Waals surface area contributed by atoms with E-state index in [-0.39, 0.29) is 16.1 Å². The van der Waals surface area contributed by atoms with Crippen LogP contribution in [0.3, 0.4) is 0 Å². The van der Waals surface area contributed by atoms with E-state index in [4.69, 9.17) is 5.73 Å². The van der Waals surface area contributed by atoms with Gasteiger partial charge in [-0.15, -0.1) is 0 Å². The second-order valence-corrected chi connectivity index (χ2v) is 4.23. The van der Waals surface area contributed by atoms with Crippen LogP contribution in [0.25, 0.3) is 0 Å². The molecule has 0 aromatic heterocycles. The number of hydrogen-bond acceptors (Lipinski definition) is 3. The zero-order valence-electron chi connectivity index (χ0n) is 8.30. The first-order valence-electron chi connectivity index (χ1n) is 4.59. The maximum absolute atomic E-state index is 13.3. The van der Waals surface area contributed by atoms with Crippen LogP contribution in [0.5, 0.6) is 11.5 Å². The number of halogens is 2. The Morgan fingerprint density at radius 2 is 2.13 bits per heavy atom. The van der Waals surface area contributed by atoms with E-state index < -0.39 is 11.6 Å². The molecule has 1 rings (SSSR count). The molecule has 0 saturated carbocycles. The van der Waals surface area contributed by atoms with Gasteiger partial charge in [0.15, 0.2) is 11.5 Å². The van der Waals surface area contributed by atoms with E-state index >= 15 is 0 Å². The zero-order valence-corrected chi connectivity index (χ0v) is 9.88. The lowest BCUT2D eigenvalue weighted by atomic mass is 9.96. The molecule has 15 heavy (non-hydrogen) atoms. The minimum Gasteiger partial charge on any atom is -0.504 e. The zero-order chi connectivity index (χ0) is 11.6. The van der Waals surface area contributed by atoms with E-state index in [1.165, 1.54) is 0 Å². The summed E-state index contributed by atoms with van der Waals surface area (Å²) < 4.78 is 13.5. The van der Waals surface area contributed by atoms with Gasteiger partial charge >= 0.3 is 0 Å². The Morgan fingerprint density at radius 1 is 1.53 bits per heavy atom. The average molecular weight is 278 g/mol. The van der Waals surface area contributed by atoms with Crippen LogP contribution >= 0.6 is 15.9 Å². The van der Waals surface area contributed by atoms with E-state index in [0.29, 0.717) is 18.5 Å². The summed E-state index contributed by atoms with van der Waals surface area (Å²) in [5.41, 5.74) is 5.75. The first-order chi connectivity index (χ1) is 6.99. The van der Waals surface area contributed by atoms with Gasteiger partial charge in [-0.05, 0) is 34.8 Å². The summed E-state index contributed by atoms with van der Waals surface area (Å²) in [5, 5.41) is 18.9. The Kier molecular flexibility index (Phi) is 3.93. The molecule has 5 heteroatoms. The summed E-state index contributed by atoms with van der Waals surface area (Å²) in [5.74, 6) is -1.45. The van der Waals surface area contributed by atoms with E-state index in [1.54, 1.807) is 0 Å². The summed E-state index contributed by atoms with van der Waals surface area (Å²) in [6.45, 7) is 2.25. The number of phenolic OH excluding ortho intramolecular Hbond substituents is 2. The molecule has 0 spiro atoms. The van der Waals surface area contributed by atoms with Crippen LogP contribution < -0.4 is 5.73 Å². The highest BCUT2D eigenvalue weighted by Gasteiger charge is 2.20. The molecule has 84 valence electrons. The maximum Gasteiger partial charge on any atom is 0.162 e. The van der Waals surface area contributed by atoms with Crippen molar-refractivity contribution >= 4 is 15.9 Å². The summed E-state index contributed by atoms with van der Waals surface area (Å²) in [7, 11) is 0. The molecule has 0 aliphatic rings. The van der Waals surface area contributed by atoms with Gasteiger partial charge in [0.2, 0.25) is 0 Å². The first kappa shape index (κ1) is 12.3. The predicted molar refractivity (Wildman–Crippen MR) is 59.5 cm³/mol. The van der Waals surface area contributed by atoms with Gasteiger partial charge in [0.25, 0.3) is 0 Å². The van der Waals surface area contributed by atoms with Crippen LogP contribution in [0.15, 0.2) is 10.5 Å². The Bertz CT molecular complexity index is 345. The third-order valence-electron chi connectivity index (χ3n) is 2.30. The minimum absolute atomic E-state index is 0.119. The van der Waals surface area contributed by atoms with E-state index in [0.717, 1.165) is 6.07 Å². The van der Waals surface area contributed by atoms with Crippen molar-refractivity contribution in [3.63, 3.8) is 0 Å². The average Bonchev–Trinajstić information content (AvgIpc) is 2.16. The lowest BCUT2D eigenvalue weighted by Gasteiger charge is -2.15. The van der Waals surface area contributed by atoms with Gasteiger partial charge in [0, 0.05) is 11.6 Å². The van der Waals surface area contributed by atoms with Crippen LogP contribution in [0.4, 0.5) is 4.39 Å². The largest absolute Gasteiger partial charge is 0.504 e. The van der Waals surface area contributed by atoms with Gasteiger partial charge in [-0.1, -0.05) is 6.92 Å². The van der Waals surface area contributed by atoms with Gasteiger partial charge in [-0.3, -0.25) is 0 Å². The number of benzene rings is 1. The van der Waals surface area contributed by atoms with Crippen LogP contribution in [-0.2, 0) is 0 Å². The topological polar surface area (TPSA) is 66.5 Å². The van der Waals surface area contributed by atoms with Crippen LogP contribution in [-0.4, -0.2) is 16.8 Å². The first-order valence-corrected chi connectivity index (χ1v) is 5.38. The van der Waals surface area contributed by atoms with Crippen LogP contribution in [0, 0.1) is 5.82 Å². The standard InChI is InChI=1S/C10H13BrFNO2/c1-5(2-3-13)8-9(11)6(12)4-7(14)10(8)15/h4-5,14-15H,2-3,13H2,1H3. The summed E-state index contributed by atoms with van der Waals surface area (Å²) in [6, 6.07) is 0.873. The van der Waals surface area contributed by atoms with E-state index in [1.807, 2.05) is 6.92 Å². The van der Waals surface area contributed by atoms with Crippen LogP contribution in [0.2, 0.25) is 0 Å². The Morgan fingerprint density at radius 3 is 2.67 bits per heavy atom. The smallest absolute Gasteiger partial charge is 0.162 e. The number of hydrogen-bond donors (Lipinski definition) is 3. The third-order valence-corrected chi connectivity index (χ3v) is 3.11. The molecule has 0 fully saturated rings. The highest BCUT2D eigenvalue weighted by atomic mass is 79.9. The molecule has 0 saturated heterocycles. The van der Waals surface area contributed by atoms with Gasteiger partial charge in [-0.25, -0.2) is 4.39 Å². The molecule has 1 aromatic carbocycles. The van der Waals surface area contributed by atoms with Crippen molar-refractivity contribution in [1.82, 2.24) is 0 Å². The summed E-state index contributed by atoms with van der Waals surface area (Å²) in [4.78, 5) is 0. The Labute approximate surface area is 95.9 Å². The molecular formula is C10H13BrFNO2. The molecule has 0 bridgehead atoms. The molecule has 0 amide bonds. The van der Waals surface area contributed by atoms with Crippen molar-refractivity contribution in [2.45, 2.75) is 19.3 Å². The molecule has 1 aromatic rings. The lowest BCUT2D eigenvalue weighted by molar-refractivity contribution is 0.390. The fourth-order valence-corrected chi connectivity index (χ4v) is 2.16. The van der Waals surface area contributed by atoms with Gasteiger partial charge in [0.05, 0.1) is 4.47 Å². The molecular weight excluding hydrogens is 265 g/mol. The highest BCUT2D eigenvalue weighted by Crippen LogP contribution is 2.41. The Hall–Kier alpha value is -0.810. The quantitative estimate of drug-likeness (QED) is 0.744. The maximum atomic E-state index is 13.3. The molecule has 3 nitrogen and oxygen atoms in total. The molecule has 4 N–H and O–H groups in total. The van der Waals surface area contributed by atoms with Crippen LogP contribution in [0.1, 0.15) is 24.8 Å².